The van der Waals surface area contributed by atoms with Crippen LogP contribution < -0.4 is 4.74 Å². The molecule has 4 nitrogen and oxygen atoms in total. The molecule has 0 aromatic heterocycles. The van der Waals surface area contributed by atoms with Crippen LogP contribution in [0.5, 0.6) is 5.75 Å². The van der Waals surface area contributed by atoms with Crippen molar-refractivity contribution in [2.75, 3.05) is 13.7 Å². The first kappa shape index (κ1) is 14.5. The van der Waals surface area contributed by atoms with Crippen LogP contribution in [0.4, 0.5) is 0 Å². The van der Waals surface area contributed by atoms with Gasteiger partial charge in [-0.2, -0.15) is 0 Å². The molecule has 0 saturated carbocycles. The molecule has 0 radical (unpaired) electrons. The lowest BCUT2D eigenvalue weighted by molar-refractivity contribution is -0.140. The number of benzene rings is 1. The van der Waals surface area contributed by atoms with Gasteiger partial charge >= 0.3 is 5.97 Å². The fourth-order valence-corrected chi connectivity index (χ4v) is 1.60. The van der Waals surface area contributed by atoms with E-state index in [4.69, 9.17) is 4.74 Å². The summed E-state index contributed by atoms with van der Waals surface area (Å²) in [5.74, 6) is 0.559. The molecule has 0 fully saturated rings. The van der Waals surface area contributed by atoms with E-state index in [9.17, 15) is 9.90 Å². The Hall–Kier alpha value is -1.55. The quantitative estimate of drug-likeness (QED) is 0.624. The zero-order valence-electron chi connectivity index (χ0n) is 11.1. The molecule has 1 aromatic carbocycles. The Morgan fingerprint density at radius 3 is 2.72 bits per heavy atom. The zero-order valence-corrected chi connectivity index (χ0v) is 11.1. The molecule has 0 unspecified atom stereocenters. The van der Waals surface area contributed by atoms with E-state index in [1.807, 2.05) is 25.1 Å². The molecule has 4 heteroatoms. The Morgan fingerprint density at radius 1 is 1.44 bits per heavy atom. The van der Waals surface area contributed by atoms with Gasteiger partial charge in [0.1, 0.15) is 5.75 Å². The number of methoxy groups -OCH3 is 1. The van der Waals surface area contributed by atoms with Crippen molar-refractivity contribution in [3.8, 4) is 5.75 Å². The fourth-order valence-electron chi connectivity index (χ4n) is 1.60. The fraction of sp³-hybridized carbons (Fsp3) is 0.500. The number of aliphatic hydroxyl groups is 1. The largest absolute Gasteiger partial charge is 0.493 e. The number of aliphatic hydroxyl groups excluding tert-OH is 1. The van der Waals surface area contributed by atoms with Crippen molar-refractivity contribution in [2.24, 2.45) is 0 Å². The minimum absolute atomic E-state index is 0.222. The molecule has 1 rings (SSSR count). The molecule has 0 aliphatic carbocycles. The Kier molecular flexibility index (Phi) is 5.65. The number of rotatable bonds is 6. The summed E-state index contributed by atoms with van der Waals surface area (Å²) >= 11 is 0. The van der Waals surface area contributed by atoms with Gasteiger partial charge in [0.05, 0.1) is 19.8 Å². The van der Waals surface area contributed by atoms with Crippen LogP contribution in [0, 0.1) is 6.92 Å². The topological polar surface area (TPSA) is 55.8 Å². The molecule has 0 aliphatic rings. The van der Waals surface area contributed by atoms with Crippen LogP contribution in [0.1, 0.15) is 37.0 Å². The van der Waals surface area contributed by atoms with Gasteiger partial charge in [0, 0.05) is 6.42 Å². The van der Waals surface area contributed by atoms with Crippen LogP contribution in [-0.2, 0) is 9.53 Å². The summed E-state index contributed by atoms with van der Waals surface area (Å²) in [6, 6.07) is 5.59. The number of aryl methyl sites for hydroxylation is 1. The first-order valence-electron chi connectivity index (χ1n) is 6.03. The van der Waals surface area contributed by atoms with E-state index in [1.54, 1.807) is 6.92 Å². The predicted molar refractivity (Wildman–Crippen MR) is 68.6 cm³/mol. The highest BCUT2D eigenvalue weighted by molar-refractivity contribution is 5.69. The van der Waals surface area contributed by atoms with E-state index in [1.165, 1.54) is 7.11 Å². The van der Waals surface area contributed by atoms with Gasteiger partial charge in [0.15, 0.2) is 0 Å². The first-order valence-corrected chi connectivity index (χ1v) is 6.03. The monoisotopic (exact) mass is 252 g/mol. The minimum Gasteiger partial charge on any atom is -0.493 e. The van der Waals surface area contributed by atoms with Gasteiger partial charge in [0.25, 0.3) is 0 Å². The van der Waals surface area contributed by atoms with Gasteiger partial charge in [-0.05, 0) is 43.5 Å². The second-order valence-electron chi connectivity index (χ2n) is 4.23. The number of ether oxygens (including phenoxy) is 2. The zero-order chi connectivity index (χ0) is 13.5. The van der Waals surface area contributed by atoms with Gasteiger partial charge in [-0.25, -0.2) is 0 Å². The number of hydrogen-bond acceptors (Lipinski definition) is 4. The molecule has 1 aromatic rings. The highest BCUT2D eigenvalue weighted by Crippen LogP contribution is 2.22. The van der Waals surface area contributed by atoms with Crippen LogP contribution in [0.25, 0.3) is 0 Å². The maximum Gasteiger partial charge on any atom is 0.305 e. The molecule has 18 heavy (non-hydrogen) atoms. The van der Waals surface area contributed by atoms with E-state index in [0.29, 0.717) is 19.4 Å². The van der Waals surface area contributed by atoms with Crippen LogP contribution >= 0.6 is 0 Å². The SMILES string of the molecule is COC(=O)CCCOc1ccc([C@@H](C)O)cc1C. The lowest BCUT2D eigenvalue weighted by Gasteiger charge is -2.11. The highest BCUT2D eigenvalue weighted by Gasteiger charge is 2.05. The number of esters is 1. The molecular weight excluding hydrogens is 232 g/mol. The Bertz CT molecular complexity index is 399. The number of hydrogen-bond donors (Lipinski definition) is 1. The van der Waals surface area contributed by atoms with Crippen molar-refractivity contribution in [1.82, 2.24) is 0 Å². The summed E-state index contributed by atoms with van der Waals surface area (Å²) in [5.41, 5.74) is 1.85. The highest BCUT2D eigenvalue weighted by atomic mass is 16.5. The smallest absolute Gasteiger partial charge is 0.305 e. The third kappa shape index (κ3) is 4.37. The van der Waals surface area contributed by atoms with Crippen molar-refractivity contribution in [2.45, 2.75) is 32.8 Å². The van der Waals surface area contributed by atoms with E-state index in [-0.39, 0.29) is 5.97 Å². The minimum atomic E-state index is -0.475. The molecular formula is C14H20O4. The molecule has 0 bridgehead atoms. The van der Waals surface area contributed by atoms with Crippen molar-refractivity contribution in [3.63, 3.8) is 0 Å². The third-order valence-electron chi connectivity index (χ3n) is 2.69. The van der Waals surface area contributed by atoms with Gasteiger partial charge in [-0.1, -0.05) is 6.07 Å². The number of carbonyl (C=O) groups excluding carboxylic acids is 1. The van der Waals surface area contributed by atoms with E-state index in [2.05, 4.69) is 4.74 Å². The number of carbonyl (C=O) groups is 1. The maximum atomic E-state index is 10.9. The predicted octanol–water partition coefficient (Wildman–Crippen LogP) is 2.38. The van der Waals surface area contributed by atoms with Crippen molar-refractivity contribution in [3.05, 3.63) is 29.3 Å². The third-order valence-corrected chi connectivity index (χ3v) is 2.69. The van der Waals surface area contributed by atoms with Gasteiger partial charge in [-0.3, -0.25) is 4.79 Å². The molecule has 100 valence electrons. The van der Waals surface area contributed by atoms with Crippen molar-refractivity contribution in [1.29, 1.82) is 0 Å². The normalized spacial score (nSPS) is 12.0. The molecule has 0 aliphatic heterocycles. The Balaban J connectivity index is 2.45. The molecule has 0 heterocycles. The lowest BCUT2D eigenvalue weighted by atomic mass is 10.1. The van der Waals surface area contributed by atoms with Crippen molar-refractivity contribution < 1.29 is 19.4 Å². The summed E-state index contributed by atoms with van der Waals surface area (Å²) in [7, 11) is 1.38. The van der Waals surface area contributed by atoms with Gasteiger partial charge < -0.3 is 14.6 Å². The van der Waals surface area contributed by atoms with E-state index < -0.39 is 6.10 Å². The summed E-state index contributed by atoms with van der Waals surface area (Å²) in [6.07, 6.45) is 0.517. The Morgan fingerprint density at radius 2 is 2.17 bits per heavy atom. The second kappa shape index (κ2) is 7.01. The lowest BCUT2D eigenvalue weighted by Crippen LogP contribution is -2.05. The average molecular weight is 252 g/mol. The van der Waals surface area contributed by atoms with Gasteiger partial charge in [0.2, 0.25) is 0 Å². The first-order chi connectivity index (χ1) is 8.54. The van der Waals surface area contributed by atoms with Crippen LogP contribution in [-0.4, -0.2) is 24.8 Å². The summed E-state index contributed by atoms with van der Waals surface area (Å²) in [5, 5.41) is 9.45. The average Bonchev–Trinajstić information content (AvgIpc) is 2.35. The summed E-state index contributed by atoms with van der Waals surface area (Å²) in [4.78, 5) is 10.9. The molecule has 1 atom stereocenters. The molecule has 0 saturated heterocycles. The maximum absolute atomic E-state index is 10.9. The standard InChI is InChI=1S/C14H20O4/c1-10-9-12(11(2)15)6-7-13(10)18-8-4-5-14(16)17-3/h6-7,9,11,15H,4-5,8H2,1-3H3/t11-/m1/s1. The molecule has 0 spiro atoms. The molecule has 0 amide bonds. The van der Waals surface area contributed by atoms with E-state index in [0.717, 1.165) is 16.9 Å². The summed E-state index contributed by atoms with van der Waals surface area (Å²) in [6.45, 7) is 4.14. The van der Waals surface area contributed by atoms with E-state index >= 15 is 0 Å². The molecule has 1 N–H and O–H groups in total. The van der Waals surface area contributed by atoms with Crippen LogP contribution in [0.2, 0.25) is 0 Å². The summed E-state index contributed by atoms with van der Waals surface area (Å²) < 4.78 is 10.1. The Labute approximate surface area is 108 Å². The second-order valence-corrected chi connectivity index (χ2v) is 4.23. The van der Waals surface area contributed by atoms with Gasteiger partial charge in [-0.15, -0.1) is 0 Å². The van der Waals surface area contributed by atoms with Crippen LogP contribution in [0.15, 0.2) is 18.2 Å². The van der Waals surface area contributed by atoms with Crippen molar-refractivity contribution >= 4 is 5.97 Å². The van der Waals surface area contributed by atoms with Crippen LogP contribution in [0.3, 0.4) is 0 Å².